The van der Waals surface area contributed by atoms with Gasteiger partial charge in [-0.25, -0.2) is 9.97 Å². The molecule has 1 aromatic carbocycles. The van der Waals surface area contributed by atoms with E-state index in [1.807, 2.05) is 12.1 Å². The zero-order valence-electron chi connectivity index (χ0n) is 19.9. The number of fused-ring (bicyclic) bond motifs is 1. The van der Waals surface area contributed by atoms with Crippen LogP contribution in [0.1, 0.15) is 66.1 Å². The van der Waals surface area contributed by atoms with Crippen molar-refractivity contribution >= 4 is 29.3 Å². The second-order valence-corrected chi connectivity index (χ2v) is 10.5. The summed E-state index contributed by atoms with van der Waals surface area (Å²) in [5, 5.41) is 2.97. The fraction of sp³-hybridized carbons (Fsp3) is 0.500. The molecule has 4 heterocycles. The fourth-order valence-electron chi connectivity index (χ4n) is 6.01. The van der Waals surface area contributed by atoms with Gasteiger partial charge in [-0.2, -0.15) is 0 Å². The molecule has 3 atom stereocenters. The molecule has 1 aliphatic carbocycles. The number of carbonyl (C=O) groups is 3. The highest BCUT2D eigenvalue weighted by atomic mass is 35.5. The molecule has 188 valence electrons. The van der Waals surface area contributed by atoms with Crippen molar-refractivity contribution in [2.45, 2.75) is 69.2 Å². The van der Waals surface area contributed by atoms with Crippen LogP contribution < -0.4 is 10.1 Å². The number of amides is 3. The number of imide groups is 1. The third kappa shape index (κ3) is 4.24. The zero-order valence-corrected chi connectivity index (χ0v) is 20.6. The molecule has 2 aromatic rings. The SMILES string of the molecule is O=C1CCC(N2Cc3cc(O[C@H]4CCCCC4N4CC(c5ncncc5Cl)C4)ccc3C2=O)C(=O)N1. The van der Waals surface area contributed by atoms with E-state index in [2.05, 4.69) is 20.2 Å². The lowest BCUT2D eigenvalue weighted by atomic mass is 9.85. The van der Waals surface area contributed by atoms with Gasteiger partial charge < -0.3 is 9.64 Å². The molecule has 2 unspecified atom stereocenters. The number of ether oxygens (including phenoxy) is 1. The van der Waals surface area contributed by atoms with Crippen molar-refractivity contribution in [3.8, 4) is 5.75 Å². The van der Waals surface area contributed by atoms with Gasteiger partial charge in [-0.05, 0) is 49.4 Å². The van der Waals surface area contributed by atoms with Gasteiger partial charge in [0.05, 0.1) is 10.7 Å². The smallest absolute Gasteiger partial charge is 0.255 e. The standard InChI is InChI=1S/C26H28ClN5O4/c27-19-10-28-14-29-24(19)16-11-31(12-16)20-3-1-2-4-22(20)36-17-5-6-18-15(9-17)13-32(26(18)35)21-7-8-23(33)30-25(21)34/h5-6,9-10,14,16,20-22H,1-4,7-8,11-13H2,(H,30,33,34)/t20?,21?,22-/m0/s1. The Morgan fingerprint density at radius 2 is 1.92 bits per heavy atom. The number of hydrogen-bond acceptors (Lipinski definition) is 7. The lowest BCUT2D eigenvalue weighted by molar-refractivity contribution is -0.136. The summed E-state index contributed by atoms with van der Waals surface area (Å²) in [4.78, 5) is 49.2. The van der Waals surface area contributed by atoms with Gasteiger partial charge in [-0.15, -0.1) is 0 Å². The average Bonchev–Trinajstić information content (AvgIpc) is 3.16. The van der Waals surface area contributed by atoms with Crippen molar-refractivity contribution < 1.29 is 19.1 Å². The van der Waals surface area contributed by atoms with Crippen LogP contribution in [-0.2, 0) is 16.1 Å². The summed E-state index contributed by atoms with van der Waals surface area (Å²) in [6.07, 6.45) is 8.25. The normalized spacial score (nSPS) is 27.0. The molecule has 0 spiro atoms. The molecule has 3 fully saturated rings. The number of likely N-dealkylation sites (tertiary alicyclic amines) is 1. The first-order valence-electron chi connectivity index (χ1n) is 12.6. The van der Waals surface area contributed by atoms with Crippen molar-refractivity contribution in [2.24, 2.45) is 0 Å². The predicted molar refractivity (Wildman–Crippen MR) is 131 cm³/mol. The molecule has 4 aliphatic rings. The Morgan fingerprint density at radius 1 is 1.08 bits per heavy atom. The number of nitrogens with one attached hydrogen (secondary N) is 1. The van der Waals surface area contributed by atoms with E-state index in [9.17, 15) is 14.4 Å². The lowest BCUT2D eigenvalue weighted by Crippen LogP contribution is -2.57. The minimum atomic E-state index is -0.613. The van der Waals surface area contributed by atoms with Crippen molar-refractivity contribution in [1.29, 1.82) is 0 Å². The van der Waals surface area contributed by atoms with Crippen molar-refractivity contribution in [1.82, 2.24) is 25.1 Å². The molecule has 6 rings (SSSR count). The molecule has 1 saturated carbocycles. The minimum absolute atomic E-state index is 0.0713. The quantitative estimate of drug-likeness (QED) is 0.618. The molecule has 2 saturated heterocycles. The van der Waals surface area contributed by atoms with Gasteiger partial charge in [0.1, 0.15) is 24.2 Å². The van der Waals surface area contributed by atoms with Gasteiger partial charge in [0.15, 0.2) is 0 Å². The second-order valence-electron chi connectivity index (χ2n) is 10.1. The average molecular weight is 510 g/mol. The van der Waals surface area contributed by atoms with Gasteiger partial charge >= 0.3 is 0 Å². The maximum Gasteiger partial charge on any atom is 0.255 e. The zero-order chi connectivity index (χ0) is 24.8. The highest BCUT2D eigenvalue weighted by Crippen LogP contribution is 2.37. The summed E-state index contributed by atoms with van der Waals surface area (Å²) in [6.45, 7) is 2.15. The van der Waals surface area contributed by atoms with Crippen LogP contribution in [0.4, 0.5) is 0 Å². The van der Waals surface area contributed by atoms with E-state index in [4.69, 9.17) is 16.3 Å². The van der Waals surface area contributed by atoms with Crippen LogP contribution in [0, 0.1) is 0 Å². The third-order valence-electron chi connectivity index (χ3n) is 7.91. The van der Waals surface area contributed by atoms with E-state index in [0.29, 0.717) is 35.5 Å². The molecule has 10 heteroatoms. The Hall–Kier alpha value is -3.04. The topological polar surface area (TPSA) is 105 Å². The molecular formula is C26H28ClN5O4. The molecule has 3 amide bonds. The van der Waals surface area contributed by atoms with E-state index in [1.54, 1.807) is 23.5 Å². The first-order valence-corrected chi connectivity index (χ1v) is 13.0. The molecule has 3 aliphatic heterocycles. The van der Waals surface area contributed by atoms with Crippen molar-refractivity contribution in [3.63, 3.8) is 0 Å². The number of benzene rings is 1. The molecule has 1 N–H and O–H groups in total. The summed E-state index contributed by atoms with van der Waals surface area (Å²) >= 11 is 6.30. The number of piperidine rings is 1. The van der Waals surface area contributed by atoms with Crippen molar-refractivity contribution in [3.05, 3.63) is 52.6 Å². The Kier molecular flexibility index (Phi) is 6.13. The Bertz CT molecular complexity index is 1220. The number of halogens is 1. The van der Waals surface area contributed by atoms with Crippen LogP contribution in [0.5, 0.6) is 5.75 Å². The molecule has 1 aromatic heterocycles. The van der Waals surface area contributed by atoms with Crippen LogP contribution in [0.15, 0.2) is 30.7 Å². The minimum Gasteiger partial charge on any atom is -0.489 e. The summed E-state index contributed by atoms with van der Waals surface area (Å²) in [6, 6.07) is 5.30. The summed E-state index contributed by atoms with van der Waals surface area (Å²) in [5.41, 5.74) is 2.37. The number of carbonyl (C=O) groups excluding carboxylic acids is 3. The first kappa shape index (κ1) is 23.4. The summed E-state index contributed by atoms with van der Waals surface area (Å²) in [7, 11) is 0. The molecule has 0 bridgehead atoms. The monoisotopic (exact) mass is 509 g/mol. The van der Waals surface area contributed by atoms with Crippen LogP contribution in [-0.4, -0.2) is 68.8 Å². The molecule has 0 radical (unpaired) electrons. The Labute approximate surface area is 214 Å². The van der Waals surface area contributed by atoms with E-state index in [-0.39, 0.29) is 24.3 Å². The van der Waals surface area contributed by atoms with E-state index in [1.165, 1.54) is 6.42 Å². The summed E-state index contributed by atoms with van der Waals surface area (Å²) in [5.74, 6) is 0.209. The van der Waals surface area contributed by atoms with Crippen LogP contribution in [0.2, 0.25) is 5.02 Å². The van der Waals surface area contributed by atoms with Gasteiger partial charge in [-0.3, -0.25) is 24.6 Å². The lowest BCUT2D eigenvalue weighted by Gasteiger charge is -2.48. The second kappa shape index (κ2) is 9.44. The molecular weight excluding hydrogens is 482 g/mol. The van der Waals surface area contributed by atoms with Gasteiger partial charge in [0.2, 0.25) is 11.8 Å². The van der Waals surface area contributed by atoms with E-state index < -0.39 is 11.9 Å². The first-order chi connectivity index (χ1) is 17.5. The Balaban J connectivity index is 1.12. The summed E-state index contributed by atoms with van der Waals surface area (Å²) < 4.78 is 6.52. The highest BCUT2D eigenvalue weighted by Gasteiger charge is 2.41. The van der Waals surface area contributed by atoms with Crippen molar-refractivity contribution in [2.75, 3.05) is 13.1 Å². The number of rotatable bonds is 5. The Morgan fingerprint density at radius 3 is 2.72 bits per heavy atom. The van der Waals surface area contributed by atoms with Crippen LogP contribution in [0.3, 0.4) is 0 Å². The maximum absolute atomic E-state index is 13.0. The third-order valence-corrected chi connectivity index (χ3v) is 8.20. The number of aromatic nitrogens is 2. The predicted octanol–water partition coefficient (Wildman–Crippen LogP) is 2.68. The number of hydrogen-bond donors (Lipinski definition) is 1. The van der Waals surface area contributed by atoms with E-state index in [0.717, 1.165) is 49.4 Å². The van der Waals surface area contributed by atoms with Crippen LogP contribution in [0.25, 0.3) is 0 Å². The van der Waals surface area contributed by atoms with Gasteiger partial charge in [0, 0.05) is 49.8 Å². The van der Waals surface area contributed by atoms with E-state index >= 15 is 0 Å². The van der Waals surface area contributed by atoms with Crippen LogP contribution >= 0.6 is 11.6 Å². The highest BCUT2D eigenvalue weighted by molar-refractivity contribution is 6.31. The maximum atomic E-state index is 13.0. The van der Waals surface area contributed by atoms with Gasteiger partial charge in [-0.1, -0.05) is 18.0 Å². The fourth-order valence-corrected chi connectivity index (χ4v) is 6.27. The molecule has 36 heavy (non-hydrogen) atoms. The van der Waals surface area contributed by atoms with Gasteiger partial charge in [0.25, 0.3) is 5.91 Å². The largest absolute Gasteiger partial charge is 0.489 e. The number of nitrogens with zero attached hydrogens (tertiary/aromatic N) is 4. The molecule has 9 nitrogen and oxygen atoms in total.